The van der Waals surface area contributed by atoms with Crippen LogP contribution in [-0.2, 0) is 19.1 Å². The van der Waals surface area contributed by atoms with Gasteiger partial charge in [0.2, 0.25) is 5.91 Å². The van der Waals surface area contributed by atoms with Crippen LogP contribution in [0.3, 0.4) is 0 Å². The Morgan fingerprint density at radius 2 is 1.49 bits per heavy atom. The number of nitrogens with one attached hydrogen (secondary N) is 2. The number of carbonyl (C=O) groups excluding carboxylic acids is 3. The zero-order valence-corrected chi connectivity index (χ0v) is 20.8. The lowest BCUT2D eigenvalue weighted by Crippen LogP contribution is -2.21. The molecule has 2 amide bonds. The lowest BCUT2D eigenvalue weighted by molar-refractivity contribution is -0.384. The Balaban J connectivity index is 1.16. The van der Waals surface area contributed by atoms with Crippen molar-refractivity contribution in [3.63, 3.8) is 0 Å². The quantitative estimate of drug-likeness (QED) is 0.142. The Labute approximate surface area is 223 Å². The van der Waals surface area contributed by atoms with Gasteiger partial charge in [-0.05, 0) is 48.2 Å². The Bertz CT molecular complexity index is 1500. The fourth-order valence-electron chi connectivity index (χ4n) is 3.75. The fourth-order valence-corrected chi connectivity index (χ4v) is 3.75. The van der Waals surface area contributed by atoms with Crippen LogP contribution in [0.4, 0.5) is 17.1 Å². The summed E-state index contributed by atoms with van der Waals surface area (Å²) in [5.41, 5.74) is 0.633. The predicted octanol–water partition coefficient (Wildman–Crippen LogP) is 5.83. The molecular formula is C29H25N3O7. The number of fused-ring (bicyclic) bond motifs is 1. The first-order valence-electron chi connectivity index (χ1n) is 12.1. The number of nitro benzene ring substituents is 1. The Kier molecular flexibility index (Phi) is 8.81. The molecule has 0 aromatic heterocycles. The first-order valence-corrected chi connectivity index (χ1v) is 12.1. The third-order valence-electron chi connectivity index (χ3n) is 5.61. The van der Waals surface area contributed by atoms with Crippen molar-refractivity contribution in [3.05, 3.63) is 101 Å². The average Bonchev–Trinajstić information content (AvgIpc) is 2.93. The maximum absolute atomic E-state index is 12.3. The first-order chi connectivity index (χ1) is 18.9. The summed E-state index contributed by atoms with van der Waals surface area (Å²) in [6.07, 6.45) is 0.276. The molecule has 0 bridgehead atoms. The van der Waals surface area contributed by atoms with Crippen molar-refractivity contribution in [1.82, 2.24) is 0 Å². The summed E-state index contributed by atoms with van der Waals surface area (Å²) >= 11 is 0. The molecule has 198 valence electrons. The number of carbonyl (C=O) groups is 3. The van der Waals surface area contributed by atoms with Crippen LogP contribution >= 0.6 is 0 Å². The van der Waals surface area contributed by atoms with E-state index in [2.05, 4.69) is 10.6 Å². The molecule has 10 heteroatoms. The summed E-state index contributed by atoms with van der Waals surface area (Å²) < 4.78 is 10.9. The van der Waals surface area contributed by atoms with Crippen LogP contribution in [0.15, 0.2) is 91.0 Å². The van der Waals surface area contributed by atoms with Gasteiger partial charge in [-0.1, -0.05) is 42.5 Å². The van der Waals surface area contributed by atoms with Gasteiger partial charge < -0.3 is 20.1 Å². The van der Waals surface area contributed by atoms with E-state index in [0.29, 0.717) is 11.4 Å². The van der Waals surface area contributed by atoms with Crippen molar-refractivity contribution in [2.75, 3.05) is 17.2 Å². The van der Waals surface area contributed by atoms with E-state index >= 15 is 0 Å². The molecule has 0 radical (unpaired) electrons. The first kappa shape index (κ1) is 26.8. The molecule has 0 aliphatic heterocycles. The SMILES string of the molecule is O=C(CCCC(=O)OCC(=O)Nc1cccc([N+](=O)[O-])c1)Nc1ccc(Oc2cccc3ccccc23)cc1. The number of anilines is 2. The molecule has 2 N–H and O–H groups in total. The van der Waals surface area contributed by atoms with Gasteiger partial charge in [0.25, 0.3) is 11.6 Å². The molecule has 0 aliphatic carbocycles. The van der Waals surface area contributed by atoms with Gasteiger partial charge in [-0.15, -0.1) is 0 Å². The highest BCUT2D eigenvalue weighted by molar-refractivity contribution is 5.93. The molecule has 0 saturated carbocycles. The Morgan fingerprint density at radius 1 is 0.769 bits per heavy atom. The van der Waals surface area contributed by atoms with Crippen LogP contribution < -0.4 is 15.4 Å². The lowest BCUT2D eigenvalue weighted by atomic mass is 10.1. The maximum atomic E-state index is 12.3. The fraction of sp³-hybridized carbons (Fsp3) is 0.138. The van der Waals surface area contributed by atoms with Crippen molar-refractivity contribution < 1.29 is 28.8 Å². The van der Waals surface area contributed by atoms with Gasteiger partial charge in [0.15, 0.2) is 6.61 Å². The topological polar surface area (TPSA) is 137 Å². The second kappa shape index (κ2) is 12.8. The van der Waals surface area contributed by atoms with Crippen LogP contribution in [0, 0.1) is 10.1 Å². The van der Waals surface area contributed by atoms with Gasteiger partial charge in [-0.2, -0.15) is 0 Å². The van der Waals surface area contributed by atoms with E-state index in [0.717, 1.165) is 16.5 Å². The average molecular weight is 528 g/mol. The summed E-state index contributed by atoms with van der Waals surface area (Å²) in [5, 5.41) is 18.1. The highest BCUT2D eigenvalue weighted by atomic mass is 16.6. The van der Waals surface area contributed by atoms with Gasteiger partial charge in [0, 0.05) is 41.7 Å². The number of amides is 2. The molecule has 4 aromatic rings. The van der Waals surface area contributed by atoms with E-state index < -0.39 is 23.4 Å². The molecule has 0 spiro atoms. The predicted molar refractivity (Wildman–Crippen MR) is 146 cm³/mol. The van der Waals surface area contributed by atoms with Crippen LogP contribution in [0.2, 0.25) is 0 Å². The minimum atomic E-state index is -0.632. The number of rotatable bonds is 11. The molecule has 4 rings (SSSR count). The van der Waals surface area contributed by atoms with E-state index in [1.807, 2.05) is 42.5 Å². The van der Waals surface area contributed by atoms with Crippen molar-refractivity contribution >= 4 is 45.6 Å². The van der Waals surface area contributed by atoms with Crippen molar-refractivity contribution in [2.45, 2.75) is 19.3 Å². The van der Waals surface area contributed by atoms with Gasteiger partial charge >= 0.3 is 5.97 Å². The second-order valence-electron chi connectivity index (χ2n) is 8.52. The third kappa shape index (κ3) is 7.86. The minimum Gasteiger partial charge on any atom is -0.457 e. The molecule has 0 heterocycles. The highest BCUT2D eigenvalue weighted by Crippen LogP contribution is 2.30. The van der Waals surface area contributed by atoms with Crippen molar-refractivity contribution in [2.24, 2.45) is 0 Å². The molecule has 10 nitrogen and oxygen atoms in total. The number of benzene rings is 4. The van der Waals surface area contributed by atoms with Crippen molar-refractivity contribution in [3.8, 4) is 11.5 Å². The van der Waals surface area contributed by atoms with Gasteiger partial charge in [-0.3, -0.25) is 24.5 Å². The zero-order chi connectivity index (χ0) is 27.6. The highest BCUT2D eigenvalue weighted by Gasteiger charge is 2.12. The summed E-state index contributed by atoms with van der Waals surface area (Å²) in [4.78, 5) is 46.3. The molecular weight excluding hydrogens is 502 g/mol. The van der Waals surface area contributed by atoms with Gasteiger partial charge in [0.1, 0.15) is 11.5 Å². The van der Waals surface area contributed by atoms with E-state index in [1.54, 1.807) is 24.3 Å². The number of hydrogen-bond acceptors (Lipinski definition) is 7. The third-order valence-corrected chi connectivity index (χ3v) is 5.61. The van der Waals surface area contributed by atoms with Crippen LogP contribution in [0.5, 0.6) is 11.5 Å². The van der Waals surface area contributed by atoms with Crippen LogP contribution in [0.25, 0.3) is 10.8 Å². The number of ether oxygens (including phenoxy) is 2. The Hall–Kier alpha value is -5.25. The van der Waals surface area contributed by atoms with Crippen LogP contribution in [0.1, 0.15) is 19.3 Å². The van der Waals surface area contributed by atoms with E-state index in [-0.39, 0.29) is 36.5 Å². The molecule has 39 heavy (non-hydrogen) atoms. The summed E-state index contributed by atoms with van der Waals surface area (Å²) in [7, 11) is 0. The molecule has 0 atom stereocenters. The largest absolute Gasteiger partial charge is 0.457 e. The molecule has 0 unspecified atom stereocenters. The number of non-ortho nitro benzene ring substituents is 1. The zero-order valence-electron chi connectivity index (χ0n) is 20.8. The van der Waals surface area contributed by atoms with E-state index in [9.17, 15) is 24.5 Å². The van der Waals surface area contributed by atoms with Gasteiger partial charge in [-0.25, -0.2) is 0 Å². The summed E-state index contributed by atoms with van der Waals surface area (Å²) in [6, 6.07) is 26.1. The number of nitrogens with zero attached hydrogens (tertiary/aromatic N) is 1. The normalized spacial score (nSPS) is 10.5. The number of nitro groups is 1. The monoisotopic (exact) mass is 527 g/mol. The van der Waals surface area contributed by atoms with Gasteiger partial charge in [0.05, 0.1) is 4.92 Å². The second-order valence-corrected chi connectivity index (χ2v) is 8.52. The lowest BCUT2D eigenvalue weighted by Gasteiger charge is -2.10. The molecule has 4 aromatic carbocycles. The van der Waals surface area contributed by atoms with Crippen LogP contribution in [-0.4, -0.2) is 29.3 Å². The molecule has 0 saturated heterocycles. The number of hydrogen-bond donors (Lipinski definition) is 2. The number of esters is 1. The standard InChI is InChI=1S/C29H25N3O7/c33-27(12-5-13-29(35)38-19-28(34)31-22-8-4-9-23(18-22)32(36)37)30-21-14-16-24(17-15-21)39-26-11-3-7-20-6-1-2-10-25(20)26/h1-4,6-11,14-18H,5,12-13,19H2,(H,30,33)(H,31,34). The smallest absolute Gasteiger partial charge is 0.306 e. The molecule has 0 fully saturated rings. The Morgan fingerprint density at radius 3 is 2.28 bits per heavy atom. The summed E-state index contributed by atoms with van der Waals surface area (Å²) in [6.45, 7) is -0.541. The summed E-state index contributed by atoms with van der Waals surface area (Å²) in [5.74, 6) is -0.171. The molecule has 0 aliphatic rings. The van der Waals surface area contributed by atoms with E-state index in [4.69, 9.17) is 9.47 Å². The minimum absolute atomic E-state index is 0.0463. The maximum Gasteiger partial charge on any atom is 0.306 e. The van der Waals surface area contributed by atoms with E-state index in [1.165, 1.54) is 24.3 Å². The van der Waals surface area contributed by atoms with Crippen molar-refractivity contribution in [1.29, 1.82) is 0 Å².